The van der Waals surface area contributed by atoms with Gasteiger partial charge in [0.15, 0.2) is 0 Å². The zero-order chi connectivity index (χ0) is 17.1. The fourth-order valence-corrected chi connectivity index (χ4v) is 2.62. The van der Waals surface area contributed by atoms with Gasteiger partial charge in [0.05, 0.1) is 17.5 Å². The number of aromatic nitrogens is 2. The van der Waals surface area contributed by atoms with Crippen LogP contribution in [0.25, 0.3) is 11.0 Å². The maximum Gasteiger partial charge on any atom is 0.228 e. The van der Waals surface area contributed by atoms with Crippen LogP contribution >= 0.6 is 0 Å². The molecule has 0 aliphatic rings. The van der Waals surface area contributed by atoms with Crippen molar-refractivity contribution in [1.29, 1.82) is 0 Å². The maximum absolute atomic E-state index is 12.3. The molecular formula is C19H22N4O. The summed E-state index contributed by atoms with van der Waals surface area (Å²) in [5.74, 6) is 0.940. The molecule has 2 N–H and O–H groups in total. The number of carbonyl (C=O) groups excluding carboxylic acids is 1. The molecule has 1 aromatic heterocycles. The highest BCUT2D eigenvalue weighted by atomic mass is 16.1. The first-order valence-electron chi connectivity index (χ1n) is 8.10. The molecule has 124 valence electrons. The van der Waals surface area contributed by atoms with E-state index in [4.69, 9.17) is 0 Å². The summed E-state index contributed by atoms with van der Waals surface area (Å²) >= 11 is 0. The number of hydrogen-bond acceptors (Lipinski definition) is 3. The van der Waals surface area contributed by atoms with Crippen molar-refractivity contribution >= 4 is 28.3 Å². The third kappa shape index (κ3) is 3.56. The Morgan fingerprint density at radius 3 is 2.58 bits per heavy atom. The van der Waals surface area contributed by atoms with Crippen LogP contribution < -0.4 is 10.2 Å². The molecule has 2 aromatic carbocycles. The zero-order valence-corrected chi connectivity index (χ0v) is 14.3. The predicted octanol–water partition coefficient (Wildman–Crippen LogP) is 3.37. The lowest BCUT2D eigenvalue weighted by atomic mass is 10.1. The van der Waals surface area contributed by atoms with E-state index in [1.54, 1.807) is 0 Å². The minimum Gasteiger partial charge on any atom is -0.378 e. The summed E-state index contributed by atoms with van der Waals surface area (Å²) in [6.45, 7) is 2.06. The summed E-state index contributed by atoms with van der Waals surface area (Å²) in [5.41, 5.74) is 4.80. The third-order valence-electron chi connectivity index (χ3n) is 3.96. The van der Waals surface area contributed by atoms with Gasteiger partial charge >= 0.3 is 0 Å². The topological polar surface area (TPSA) is 61.0 Å². The molecule has 0 aliphatic heterocycles. The molecule has 24 heavy (non-hydrogen) atoms. The highest BCUT2D eigenvalue weighted by molar-refractivity contribution is 5.93. The quantitative estimate of drug-likeness (QED) is 0.757. The van der Waals surface area contributed by atoms with Crippen LogP contribution in [-0.2, 0) is 17.6 Å². The Labute approximate surface area is 141 Å². The SMILES string of the molecule is CCc1nc2ccc(CC(=O)Nc3ccc(N(C)C)cc3)cc2[nH]1. The predicted molar refractivity (Wildman–Crippen MR) is 98.6 cm³/mol. The molecule has 0 aliphatic carbocycles. The van der Waals surface area contributed by atoms with Crippen LogP contribution in [0.4, 0.5) is 11.4 Å². The van der Waals surface area contributed by atoms with Crippen molar-refractivity contribution in [2.45, 2.75) is 19.8 Å². The monoisotopic (exact) mass is 322 g/mol. The van der Waals surface area contributed by atoms with Gasteiger partial charge < -0.3 is 15.2 Å². The van der Waals surface area contributed by atoms with Crippen molar-refractivity contribution in [2.75, 3.05) is 24.3 Å². The molecule has 0 bridgehead atoms. The number of imidazole rings is 1. The Balaban J connectivity index is 1.67. The number of amides is 1. The number of benzene rings is 2. The summed E-state index contributed by atoms with van der Waals surface area (Å²) in [7, 11) is 3.98. The van der Waals surface area contributed by atoms with Crippen molar-refractivity contribution in [1.82, 2.24) is 9.97 Å². The van der Waals surface area contributed by atoms with Crippen molar-refractivity contribution in [3.8, 4) is 0 Å². The number of H-pyrrole nitrogens is 1. The largest absolute Gasteiger partial charge is 0.378 e. The number of nitrogens with zero attached hydrogens (tertiary/aromatic N) is 2. The van der Waals surface area contributed by atoms with E-state index in [0.29, 0.717) is 6.42 Å². The van der Waals surface area contributed by atoms with Gasteiger partial charge in [-0.05, 0) is 42.0 Å². The third-order valence-corrected chi connectivity index (χ3v) is 3.96. The lowest BCUT2D eigenvalue weighted by Crippen LogP contribution is -2.14. The van der Waals surface area contributed by atoms with E-state index < -0.39 is 0 Å². The molecule has 0 saturated heterocycles. The highest BCUT2D eigenvalue weighted by Gasteiger charge is 2.07. The van der Waals surface area contributed by atoms with Gasteiger partial charge in [-0.15, -0.1) is 0 Å². The first kappa shape index (κ1) is 16.1. The van der Waals surface area contributed by atoms with Crippen molar-refractivity contribution in [3.05, 3.63) is 53.9 Å². The van der Waals surface area contributed by atoms with Crippen molar-refractivity contribution in [2.24, 2.45) is 0 Å². The molecule has 1 heterocycles. The molecule has 5 heteroatoms. The van der Waals surface area contributed by atoms with E-state index in [0.717, 1.165) is 40.2 Å². The number of aryl methyl sites for hydroxylation is 1. The van der Waals surface area contributed by atoms with Crippen LogP contribution in [0.3, 0.4) is 0 Å². The Morgan fingerprint density at radius 1 is 1.17 bits per heavy atom. The van der Waals surface area contributed by atoms with Crippen molar-refractivity contribution in [3.63, 3.8) is 0 Å². The molecule has 5 nitrogen and oxygen atoms in total. The molecule has 0 radical (unpaired) electrons. The van der Waals surface area contributed by atoms with E-state index in [2.05, 4.69) is 22.2 Å². The minimum atomic E-state index is -0.0258. The standard InChI is InChI=1S/C19H22N4O/c1-4-18-21-16-10-5-13(11-17(16)22-18)12-19(24)20-14-6-8-15(9-7-14)23(2)3/h5-11H,4,12H2,1-3H3,(H,20,24)(H,21,22). The fourth-order valence-electron chi connectivity index (χ4n) is 2.62. The smallest absolute Gasteiger partial charge is 0.228 e. The Hall–Kier alpha value is -2.82. The second-order valence-electron chi connectivity index (χ2n) is 6.05. The van der Waals surface area contributed by atoms with Gasteiger partial charge in [0.2, 0.25) is 5.91 Å². The molecule has 0 fully saturated rings. The Bertz CT molecular complexity index is 849. The van der Waals surface area contributed by atoms with Crippen LogP contribution in [0.15, 0.2) is 42.5 Å². The van der Waals surface area contributed by atoms with E-state index in [1.165, 1.54) is 0 Å². The number of rotatable bonds is 5. The minimum absolute atomic E-state index is 0.0258. The molecule has 1 amide bonds. The number of fused-ring (bicyclic) bond motifs is 1. The lowest BCUT2D eigenvalue weighted by Gasteiger charge is -2.13. The first-order valence-corrected chi connectivity index (χ1v) is 8.10. The summed E-state index contributed by atoms with van der Waals surface area (Å²) in [6, 6.07) is 13.7. The molecule has 3 rings (SSSR count). The molecule has 0 spiro atoms. The van der Waals surface area contributed by atoms with E-state index in [-0.39, 0.29) is 5.91 Å². The van der Waals surface area contributed by atoms with Gasteiger partial charge in [0.1, 0.15) is 5.82 Å². The van der Waals surface area contributed by atoms with Gasteiger partial charge in [0, 0.05) is 31.9 Å². The van der Waals surface area contributed by atoms with Gasteiger partial charge in [-0.2, -0.15) is 0 Å². The van der Waals surface area contributed by atoms with Crippen molar-refractivity contribution < 1.29 is 4.79 Å². The molecule has 0 unspecified atom stereocenters. The maximum atomic E-state index is 12.3. The number of carbonyl (C=O) groups is 1. The van der Waals surface area contributed by atoms with E-state index >= 15 is 0 Å². The summed E-state index contributed by atoms with van der Waals surface area (Å²) in [4.78, 5) is 22.0. The van der Waals surface area contributed by atoms with Gasteiger partial charge in [-0.3, -0.25) is 4.79 Å². The van der Waals surface area contributed by atoms with Gasteiger partial charge in [-0.25, -0.2) is 4.98 Å². The highest BCUT2D eigenvalue weighted by Crippen LogP contribution is 2.17. The Kier molecular flexibility index (Phi) is 4.51. The molecular weight excluding hydrogens is 300 g/mol. The zero-order valence-electron chi connectivity index (χ0n) is 14.3. The molecule has 0 saturated carbocycles. The average molecular weight is 322 g/mol. The van der Waals surface area contributed by atoms with E-state index in [9.17, 15) is 4.79 Å². The number of aromatic amines is 1. The summed E-state index contributed by atoms with van der Waals surface area (Å²) in [6.07, 6.45) is 1.21. The first-order chi connectivity index (χ1) is 11.5. The summed E-state index contributed by atoms with van der Waals surface area (Å²) in [5, 5.41) is 2.94. The lowest BCUT2D eigenvalue weighted by molar-refractivity contribution is -0.115. The molecule has 3 aromatic rings. The fraction of sp³-hybridized carbons (Fsp3) is 0.263. The second kappa shape index (κ2) is 6.74. The number of anilines is 2. The number of nitrogens with one attached hydrogen (secondary N) is 2. The summed E-state index contributed by atoms with van der Waals surface area (Å²) < 4.78 is 0. The van der Waals surface area contributed by atoms with Crippen LogP contribution in [0.1, 0.15) is 18.3 Å². The number of hydrogen-bond donors (Lipinski definition) is 2. The van der Waals surface area contributed by atoms with E-state index in [1.807, 2.05) is 61.5 Å². The van der Waals surface area contributed by atoms with Crippen LogP contribution in [0.2, 0.25) is 0 Å². The van der Waals surface area contributed by atoms with Gasteiger partial charge in [-0.1, -0.05) is 13.0 Å². The molecule has 0 atom stereocenters. The van der Waals surface area contributed by atoms with Gasteiger partial charge in [0.25, 0.3) is 0 Å². The van der Waals surface area contributed by atoms with Crippen LogP contribution in [0, 0.1) is 0 Å². The average Bonchev–Trinajstić information content (AvgIpc) is 2.97. The van der Waals surface area contributed by atoms with Crippen LogP contribution in [-0.4, -0.2) is 30.0 Å². The Morgan fingerprint density at radius 2 is 1.92 bits per heavy atom. The van der Waals surface area contributed by atoms with Crippen LogP contribution in [0.5, 0.6) is 0 Å². The normalized spacial score (nSPS) is 10.8. The second-order valence-corrected chi connectivity index (χ2v) is 6.05.